The van der Waals surface area contributed by atoms with E-state index in [1.54, 1.807) is 12.1 Å². The molecule has 0 spiro atoms. The topological polar surface area (TPSA) is 29.5 Å². The van der Waals surface area contributed by atoms with Crippen molar-refractivity contribution in [3.05, 3.63) is 59.7 Å². The van der Waals surface area contributed by atoms with Crippen LogP contribution < -0.4 is 4.74 Å². The van der Waals surface area contributed by atoms with Crippen molar-refractivity contribution in [3.63, 3.8) is 0 Å². The number of aromatic hydroxyl groups is 1. The minimum Gasteiger partial charge on any atom is -0.508 e. The fraction of sp³-hybridized carbons (Fsp3) is 0.250. The van der Waals surface area contributed by atoms with E-state index in [0.717, 1.165) is 18.6 Å². The number of phenolic OH excluding ortho intramolecular Hbond substituents is 1. The highest BCUT2D eigenvalue weighted by Gasteiger charge is 2.33. The number of rotatable bonds is 1. The van der Waals surface area contributed by atoms with Gasteiger partial charge in [-0.1, -0.05) is 36.4 Å². The molecule has 0 saturated carbocycles. The number of phenols is 1. The smallest absolute Gasteiger partial charge is 0.132 e. The van der Waals surface area contributed by atoms with Gasteiger partial charge in [0, 0.05) is 6.07 Å². The third kappa shape index (κ3) is 1.84. The Morgan fingerprint density at radius 1 is 1.11 bits per heavy atom. The van der Waals surface area contributed by atoms with Crippen molar-refractivity contribution >= 4 is 0 Å². The molecule has 1 aliphatic heterocycles. The van der Waals surface area contributed by atoms with E-state index in [1.807, 2.05) is 24.3 Å². The molecule has 1 N–H and O–H groups in total. The zero-order valence-electron chi connectivity index (χ0n) is 10.4. The molecular weight excluding hydrogens is 224 g/mol. The first-order valence-electron chi connectivity index (χ1n) is 6.24. The third-order valence-corrected chi connectivity index (χ3v) is 3.64. The van der Waals surface area contributed by atoms with Crippen LogP contribution in [0.5, 0.6) is 11.5 Å². The lowest BCUT2D eigenvalue weighted by Gasteiger charge is -2.36. The first-order chi connectivity index (χ1) is 8.67. The van der Waals surface area contributed by atoms with Crippen molar-refractivity contribution in [1.29, 1.82) is 0 Å². The van der Waals surface area contributed by atoms with E-state index in [1.165, 1.54) is 11.1 Å². The Kier molecular flexibility index (Phi) is 2.51. The lowest BCUT2D eigenvalue weighted by Crippen LogP contribution is -2.33. The Morgan fingerprint density at radius 2 is 1.89 bits per heavy atom. The largest absolute Gasteiger partial charge is 0.508 e. The molecule has 0 bridgehead atoms. The van der Waals surface area contributed by atoms with Crippen LogP contribution in [0.15, 0.2) is 48.5 Å². The van der Waals surface area contributed by atoms with E-state index in [4.69, 9.17) is 4.74 Å². The zero-order chi connectivity index (χ0) is 12.6. The molecule has 1 unspecified atom stereocenters. The van der Waals surface area contributed by atoms with Gasteiger partial charge in [0.2, 0.25) is 0 Å². The van der Waals surface area contributed by atoms with Crippen molar-refractivity contribution in [2.45, 2.75) is 25.4 Å². The lowest BCUT2D eigenvalue weighted by molar-refractivity contribution is 0.0623. The van der Waals surface area contributed by atoms with Crippen molar-refractivity contribution in [3.8, 4) is 11.5 Å². The van der Waals surface area contributed by atoms with Crippen LogP contribution >= 0.6 is 0 Å². The van der Waals surface area contributed by atoms with Crippen LogP contribution in [0.3, 0.4) is 0 Å². The predicted molar refractivity (Wildman–Crippen MR) is 70.8 cm³/mol. The molecule has 92 valence electrons. The van der Waals surface area contributed by atoms with Crippen LogP contribution in [0.25, 0.3) is 0 Å². The summed E-state index contributed by atoms with van der Waals surface area (Å²) in [4.78, 5) is 0. The van der Waals surface area contributed by atoms with Crippen molar-refractivity contribution in [1.82, 2.24) is 0 Å². The summed E-state index contributed by atoms with van der Waals surface area (Å²) in [5, 5.41) is 9.55. The number of fused-ring (bicyclic) bond motifs is 1. The summed E-state index contributed by atoms with van der Waals surface area (Å²) in [6, 6.07) is 15.6. The molecule has 0 aliphatic carbocycles. The van der Waals surface area contributed by atoms with Crippen LogP contribution in [0, 0.1) is 0 Å². The molecule has 1 heterocycles. The third-order valence-electron chi connectivity index (χ3n) is 3.64. The number of hydrogen-bond donors (Lipinski definition) is 1. The Balaban J connectivity index is 1.99. The molecule has 3 rings (SSSR count). The summed E-state index contributed by atoms with van der Waals surface area (Å²) in [7, 11) is 0. The average Bonchev–Trinajstić information content (AvgIpc) is 2.39. The summed E-state index contributed by atoms with van der Waals surface area (Å²) in [5.74, 6) is 1.05. The Morgan fingerprint density at radius 3 is 2.67 bits per heavy atom. The normalized spacial score (nSPS) is 22.1. The van der Waals surface area contributed by atoms with Gasteiger partial charge in [0.15, 0.2) is 0 Å². The predicted octanol–water partition coefficient (Wildman–Crippen LogP) is 3.63. The van der Waals surface area contributed by atoms with Gasteiger partial charge in [-0.25, -0.2) is 0 Å². The number of aryl methyl sites for hydroxylation is 1. The van der Waals surface area contributed by atoms with E-state index >= 15 is 0 Å². The van der Waals surface area contributed by atoms with Gasteiger partial charge >= 0.3 is 0 Å². The van der Waals surface area contributed by atoms with Gasteiger partial charge < -0.3 is 9.84 Å². The van der Waals surface area contributed by atoms with E-state index in [-0.39, 0.29) is 11.4 Å². The molecule has 2 nitrogen and oxygen atoms in total. The van der Waals surface area contributed by atoms with E-state index in [0.29, 0.717) is 0 Å². The van der Waals surface area contributed by atoms with E-state index in [2.05, 4.69) is 19.1 Å². The molecule has 18 heavy (non-hydrogen) atoms. The Hall–Kier alpha value is -1.96. The Labute approximate surface area is 107 Å². The second-order valence-corrected chi connectivity index (χ2v) is 4.99. The maximum absolute atomic E-state index is 9.55. The average molecular weight is 240 g/mol. The van der Waals surface area contributed by atoms with Crippen molar-refractivity contribution < 1.29 is 9.84 Å². The molecule has 0 amide bonds. The van der Waals surface area contributed by atoms with Gasteiger partial charge in [-0.15, -0.1) is 0 Å². The van der Waals surface area contributed by atoms with E-state index < -0.39 is 0 Å². The second kappa shape index (κ2) is 4.05. The molecule has 2 aromatic rings. The second-order valence-electron chi connectivity index (χ2n) is 4.99. The summed E-state index contributed by atoms with van der Waals surface area (Å²) in [5.41, 5.74) is 2.04. The van der Waals surface area contributed by atoms with Gasteiger partial charge in [-0.2, -0.15) is 0 Å². The summed E-state index contributed by atoms with van der Waals surface area (Å²) >= 11 is 0. The van der Waals surface area contributed by atoms with Crippen LogP contribution in [0.2, 0.25) is 0 Å². The number of hydrogen-bond acceptors (Lipinski definition) is 2. The SMILES string of the molecule is CC1(c2ccccc2)CCc2ccc(O)cc2O1. The van der Waals surface area contributed by atoms with Crippen molar-refractivity contribution in [2.24, 2.45) is 0 Å². The highest BCUT2D eigenvalue weighted by Crippen LogP contribution is 2.40. The Bertz CT molecular complexity index is 563. The number of benzene rings is 2. The van der Waals surface area contributed by atoms with Crippen LogP contribution in [-0.2, 0) is 12.0 Å². The molecule has 2 aromatic carbocycles. The maximum Gasteiger partial charge on any atom is 0.132 e. The number of ether oxygens (including phenoxy) is 1. The fourth-order valence-electron chi connectivity index (χ4n) is 2.51. The molecule has 1 aliphatic rings. The maximum atomic E-state index is 9.55. The highest BCUT2D eigenvalue weighted by molar-refractivity contribution is 5.43. The zero-order valence-corrected chi connectivity index (χ0v) is 10.4. The fourth-order valence-corrected chi connectivity index (χ4v) is 2.51. The minimum absolute atomic E-state index is 0.256. The summed E-state index contributed by atoms with van der Waals surface area (Å²) < 4.78 is 6.13. The van der Waals surface area contributed by atoms with E-state index in [9.17, 15) is 5.11 Å². The van der Waals surface area contributed by atoms with Crippen LogP contribution in [0.4, 0.5) is 0 Å². The highest BCUT2D eigenvalue weighted by atomic mass is 16.5. The summed E-state index contributed by atoms with van der Waals surface area (Å²) in [6.45, 7) is 2.11. The quantitative estimate of drug-likeness (QED) is 0.824. The van der Waals surface area contributed by atoms with Crippen LogP contribution in [-0.4, -0.2) is 5.11 Å². The minimum atomic E-state index is -0.304. The molecule has 2 heteroatoms. The van der Waals surface area contributed by atoms with Crippen molar-refractivity contribution in [2.75, 3.05) is 0 Å². The van der Waals surface area contributed by atoms with Gasteiger partial charge in [-0.05, 0) is 37.0 Å². The molecule has 0 radical (unpaired) electrons. The standard InChI is InChI=1S/C16H16O2/c1-16(13-5-3-2-4-6-13)10-9-12-7-8-14(17)11-15(12)18-16/h2-8,11,17H,9-10H2,1H3. The molecule has 0 aromatic heterocycles. The van der Waals surface area contributed by atoms with Crippen LogP contribution in [0.1, 0.15) is 24.5 Å². The molecule has 0 fully saturated rings. The van der Waals surface area contributed by atoms with Gasteiger partial charge in [0.1, 0.15) is 17.1 Å². The first kappa shape index (κ1) is 11.1. The monoisotopic (exact) mass is 240 g/mol. The molecule has 1 atom stereocenters. The van der Waals surface area contributed by atoms with Gasteiger partial charge in [-0.3, -0.25) is 0 Å². The molecule has 0 saturated heterocycles. The first-order valence-corrected chi connectivity index (χ1v) is 6.24. The van der Waals surface area contributed by atoms with Gasteiger partial charge in [0.25, 0.3) is 0 Å². The van der Waals surface area contributed by atoms with Gasteiger partial charge in [0.05, 0.1) is 0 Å². The summed E-state index contributed by atoms with van der Waals surface area (Å²) in [6.07, 6.45) is 1.93. The molecular formula is C16H16O2. The lowest BCUT2D eigenvalue weighted by atomic mass is 9.86.